The molecule has 2 aliphatic rings. The van der Waals surface area contributed by atoms with Crippen molar-refractivity contribution in [1.82, 2.24) is 9.80 Å². The number of aryl methyl sites for hydroxylation is 1. The van der Waals surface area contributed by atoms with Crippen molar-refractivity contribution in [3.63, 3.8) is 0 Å². The number of ketones is 1. The minimum atomic E-state index is 0.269. The van der Waals surface area contributed by atoms with Crippen molar-refractivity contribution in [3.8, 4) is 0 Å². The van der Waals surface area contributed by atoms with Gasteiger partial charge in [0.05, 0.1) is 6.54 Å². The molecule has 1 atom stereocenters. The lowest BCUT2D eigenvalue weighted by Crippen LogP contribution is -2.36. The van der Waals surface area contributed by atoms with Gasteiger partial charge in [0, 0.05) is 24.7 Å². The first-order chi connectivity index (χ1) is 9.74. The van der Waals surface area contributed by atoms with E-state index in [1.807, 2.05) is 31.2 Å². The van der Waals surface area contributed by atoms with Gasteiger partial charge in [0.15, 0.2) is 5.78 Å². The number of hydrogen-bond acceptors (Lipinski definition) is 3. The maximum atomic E-state index is 12.4. The molecule has 0 aromatic heterocycles. The van der Waals surface area contributed by atoms with Crippen LogP contribution in [0.15, 0.2) is 24.3 Å². The molecule has 2 heterocycles. The molecule has 0 bridgehead atoms. The zero-order chi connectivity index (χ0) is 13.9. The van der Waals surface area contributed by atoms with E-state index in [4.69, 9.17) is 0 Å². The summed E-state index contributed by atoms with van der Waals surface area (Å²) in [7, 11) is 0. The molecule has 1 aromatic carbocycles. The zero-order valence-corrected chi connectivity index (χ0v) is 12.3. The van der Waals surface area contributed by atoms with Crippen molar-refractivity contribution in [2.45, 2.75) is 32.2 Å². The molecule has 1 unspecified atom stereocenters. The van der Waals surface area contributed by atoms with E-state index in [9.17, 15) is 4.79 Å². The largest absolute Gasteiger partial charge is 0.299 e. The van der Waals surface area contributed by atoms with E-state index in [1.54, 1.807) is 0 Å². The summed E-state index contributed by atoms with van der Waals surface area (Å²) >= 11 is 0. The molecule has 2 aliphatic heterocycles. The monoisotopic (exact) mass is 272 g/mol. The van der Waals surface area contributed by atoms with E-state index in [0.29, 0.717) is 12.6 Å². The molecule has 0 N–H and O–H groups in total. The third-order valence-electron chi connectivity index (χ3n) is 4.72. The standard InChI is InChI=1S/C17H24N2O/c1-14-6-2-3-7-16(14)17(20)13-18-11-8-15(12-18)19-9-4-5-10-19/h2-3,6-7,15H,4-5,8-13H2,1H3. The zero-order valence-electron chi connectivity index (χ0n) is 12.3. The normalized spacial score (nSPS) is 24.4. The predicted molar refractivity (Wildman–Crippen MR) is 81.2 cm³/mol. The summed E-state index contributed by atoms with van der Waals surface area (Å²) in [5.41, 5.74) is 1.98. The van der Waals surface area contributed by atoms with Gasteiger partial charge in [0.2, 0.25) is 0 Å². The average Bonchev–Trinajstić information content (AvgIpc) is 3.09. The van der Waals surface area contributed by atoms with Gasteiger partial charge in [0.25, 0.3) is 0 Å². The Balaban J connectivity index is 1.56. The fourth-order valence-corrected chi connectivity index (χ4v) is 3.53. The lowest BCUT2D eigenvalue weighted by molar-refractivity contribution is 0.0939. The quantitative estimate of drug-likeness (QED) is 0.786. The number of benzene rings is 1. The summed E-state index contributed by atoms with van der Waals surface area (Å²) < 4.78 is 0. The Labute approximate surface area is 121 Å². The van der Waals surface area contributed by atoms with Crippen LogP contribution in [0.5, 0.6) is 0 Å². The van der Waals surface area contributed by atoms with E-state index in [-0.39, 0.29) is 5.78 Å². The van der Waals surface area contributed by atoms with Gasteiger partial charge in [0.1, 0.15) is 0 Å². The minimum Gasteiger partial charge on any atom is -0.299 e. The van der Waals surface area contributed by atoms with Crippen LogP contribution in [0.3, 0.4) is 0 Å². The number of nitrogens with zero attached hydrogens (tertiary/aromatic N) is 2. The predicted octanol–water partition coefficient (Wildman–Crippen LogP) is 2.35. The molecule has 3 heteroatoms. The van der Waals surface area contributed by atoms with Crippen LogP contribution in [-0.2, 0) is 0 Å². The topological polar surface area (TPSA) is 23.6 Å². The van der Waals surface area contributed by atoms with Crippen LogP contribution in [0.1, 0.15) is 35.2 Å². The van der Waals surface area contributed by atoms with Crippen LogP contribution in [0, 0.1) is 6.92 Å². The Bertz CT molecular complexity index is 480. The minimum absolute atomic E-state index is 0.269. The molecule has 0 saturated carbocycles. The summed E-state index contributed by atoms with van der Waals surface area (Å²) in [6, 6.07) is 8.60. The highest BCUT2D eigenvalue weighted by molar-refractivity contribution is 5.98. The van der Waals surface area contributed by atoms with Gasteiger partial charge >= 0.3 is 0 Å². The lowest BCUT2D eigenvalue weighted by atomic mass is 10.0. The Kier molecular flexibility index (Phi) is 4.18. The summed E-state index contributed by atoms with van der Waals surface area (Å²) in [6.45, 7) is 7.24. The molecule has 3 nitrogen and oxygen atoms in total. The van der Waals surface area contributed by atoms with Crippen molar-refractivity contribution in [3.05, 3.63) is 35.4 Å². The number of carbonyl (C=O) groups is 1. The Morgan fingerprint density at radius 2 is 1.95 bits per heavy atom. The number of hydrogen-bond donors (Lipinski definition) is 0. The highest BCUT2D eigenvalue weighted by Crippen LogP contribution is 2.20. The maximum Gasteiger partial charge on any atom is 0.177 e. The van der Waals surface area contributed by atoms with Crippen LogP contribution >= 0.6 is 0 Å². The molecule has 1 aromatic rings. The second-order valence-corrected chi connectivity index (χ2v) is 6.16. The summed E-state index contributed by atoms with van der Waals surface area (Å²) in [5, 5.41) is 0. The highest BCUT2D eigenvalue weighted by atomic mass is 16.1. The van der Waals surface area contributed by atoms with Crippen molar-refractivity contribution >= 4 is 5.78 Å². The molecular weight excluding hydrogens is 248 g/mol. The van der Waals surface area contributed by atoms with Crippen molar-refractivity contribution in [2.24, 2.45) is 0 Å². The first kappa shape index (κ1) is 13.8. The molecule has 3 rings (SSSR count). The Hall–Kier alpha value is -1.19. The maximum absolute atomic E-state index is 12.4. The van der Waals surface area contributed by atoms with Crippen molar-refractivity contribution < 1.29 is 4.79 Å². The van der Waals surface area contributed by atoms with Crippen LogP contribution in [0.4, 0.5) is 0 Å². The summed E-state index contributed by atoms with van der Waals surface area (Å²) in [6.07, 6.45) is 3.92. The second kappa shape index (κ2) is 6.06. The van der Waals surface area contributed by atoms with Crippen molar-refractivity contribution in [1.29, 1.82) is 0 Å². The first-order valence-electron chi connectivity index (χ1n) is 7.79. The summed E-state index contributed by atoms with van der Waals surface area (Å²) in [5.74, 6) is 0.269. The van der Waals surface area contributed by atoms with Gasteiger partial charge in [-0.05, 0) is 44.8 Å². The molecule has 0 spiro atoms. The molecule has 20 heavy (non-hydrogen) atoms. The Morgan fingerprint density at radius 1 is 1.20 bits per heavy atom. The van der Waals surface area contributed by atoms with Crippen LogP contribution in [0.2, 0.25) is 0 Å². The third-order valence-corrected chi connectivity index (χ3v) is 4.72. The smallest absolute Gasteiger partial charge is 0.177 e. The average molecular weight is 272 g/mol. The molecule has 0 radical (unpaired) electrons. The number of Topliss-reactive ketones (excluding diaryl/α,β-unsaturated/α-hetero) is 1. The van der Waals surface area contributed by atoms with Gasteiger partial charge in [-0.15, -0.1) is 0 Å². The first-order valence-corrected chi connectivity index (χ1v) is 7.79. The number of carbonyl (C=O) groups excluding carboxylic acids is 1. The van der Waals surface area contributed by atoms with E-state index in [1.165, 1.54) is 32.4 Å². The van der Waals surface area contributed by atoms with Crippen molar-refractivity contribution in [2.75, 3.05) is 32.7 Å². The highest BCUT2D eigenvalue weighted by Gasteiger charge is 2.30. The van der Waals surface area contributed by atoms with Crippen LogP contribution in [0.25, 0.3) is 0 Å². The Morgan fingerprint density at radius 3 is 2.70 bits per heavy atom. The molecule has 2 saturated heterocycles. The number of rotatable bonds is 4. The van der Waals surface area contributed by atoms with Gasteiger partial charge in [-0.1, -0.05) is 24.3 Å². The SMILES string of the molecule is Cc1ccccc1C(=O)CN1CCC(N2CCCC2)C1. The molecule has 0 amide bonds. The third kappa shape index (κ3) is 2.94. The van der Waals surface area contributed by atoms with Crippen LogP contribution < -0.4 is 0 Å². The van der Waals surface area contributed by atoms with Crippen LogP contribution in [-0.4, -0.2) is 54.3 Å². The second-order valence-electron chi connectivity index (χ2n) is 6.16. The van der Waals surface area contributed by atoms with E-state index in [2.05, 4.69) is 9.80 Å². The molecule has 108 valence electrons. The summed E-state index contributed by atoms with van der Waals surface area (Å²) in [4.78, 5) is 17.3. The van der Waals surface area contributed by atoms with Gasteiger partial charge in [-0.2, -0.15) is 0 Å². The molecular formula is C17H24N2O. The van der Waals surface area contributed by atoms with Gasteiger partial charge in [-0.3, -0.25) is 14.6 Å². The van der Waals surface area contributed by atoms with E-state index < -0.39 is 0 Å². The fraction of sp³-hybridized carbons (Fsp3) is 0.588. The lowest BCUT2D eigenvalue weighted by Gasteiger charge is -2.23. The van der Waals surface area contributed by atoms with E-state index >= 15 is 0 Å². The molecule has 2 fully saturated rings. The van der Waals surface area contributed by atoms with Gasteiger partial charge < -0.3 is 0 Å². The van der Waals surface area contributed by atoms with Gasteiger partial charge in [-0.25, -0.2) is 0 Å². The molecule has 0 aliphatic carbocycles. The number of likely N-dealkylation sites (tertiary alicyclic amines) is 2. The fourth-order valence-electron chi connectivity index (χ4n) is 3.53. The van der Waals surface area contributed by atoms with E-state index in [0.717, 1.165) is 24.2 Å².